The average molecular weight is 1140 g/mol. The summed E-state index contributed by atoms with van der Waals surface area (Å²) in [5.41, 5.74) is -0.106. The molecule has 4 N–H and O–H groups in total. The minimum absolute atomic E-state index is 0.0190. The number of aliphatic hydroxyl groups is 1. The van der Waals surface area contributed by atoms with Crippen LogP contribution in [0.4, 0.5) is 0 Å². The van der Waals surface area contributed by atoms with Gasteiger partial charge in [0.1, 0.15) is 42.3 Å². The summed E-state index contributed by atoms with van der Waals surface area (Å²) in [5.74, 6) is -7.08. The van der Waals surface area contributed by atoms with Crippen LogP contribution >= 0.6 is 0 Å². The van der Waals surface area contributed by atoms with Crippen LogP contribution in [0, 0.1) is 17.8 Å². The highest BCUT2D eigenvalue weighted by atomic mass is 16.5. The van der Waals surface area contributed by atoms with E-state index in [0.29, 0.717) is 25.1 Å². The molecular formula is C59H98N10O12. The molecule has 2 aliphatic heterocycles. The highest BCUT2D eigenvalue weighted by Gasteiger charge is 2.43. The number of nitrogens with one attached hydrogen (secondary N) is 3. The third kappa shape index (κ3) is 20.7. The second kappa shape index (κ2) is 31.9. The number of hydrogen-bond donors (Lipinski definition) is 4. The van der Waals surface area contributed by atoms with Gasteiger partial charge in [-0.05, 0) is 89.5 Å². The van der Waals surface area contributed by atoms with Gasteiger partial charge in [0.2, 0.25) is 59.1 Å². The number of hydrogen-bond acceptors (Lipinski definition) is 12. The Bertz CT molecular complexity index is 2300. The molecule has 3 rings (SSSR count). The fraction of sp³-hybridized carbons (Fsp3) is 0.729. The number of carbonyl (C=O) groups excluding carboxylic acids is 10. The normalized spacial score (nSPS) is 25.3. The summed E-state index contributed by atoms with van der Waals surface area (Å²) in [5, 5.41) is 19.2. The van der Waals surface area contributed by atoms with Crippen LogP contribution in [0.5, 0.6) is 0 Å². The maximum Gasteiger partial charge on any atom is 0.248 e. The Morgan fingerprint density at radius 2 is 1.20 bits per heavy atom. The zero-order chi connectivity index (χ0) is 61.2. The van der Waals surface area contributed by atoms with Gasteiger partial charge in [-0.3, -0.25) is 47.9 Å². The predicted molar refractivity (Wildman–Crippen MR) is 307 cm³/mol. The van der Waals surface area contributed by atoms with E-state index in [2.05, 4.69) is 16.0 Å². The molecule has 0 spiro atoms. The van der Waals surface area contributed by atoms with E-state index < -0.39 is 132 Å². The van der Waals surface area contributed by atoms with Crippen molar-refractivity contribution in [2.45, 2.75) is 187 Å². The van der Waals surface area contributed by atoms with Gasteiger partial charge in [-0.15, -0.1) is 0 Å². The Kier molecular flexibility index (Phi) is 27.2. The summed E-state index contributed by atoms with van der Waals surface area (Å²) in [6.07, 6.45) is 1.30. The highest BCUT2D eigenvalue weighted by Crippen LogP contribution is 2.24. The number of ether oxygens (including phenoxy) is 1. The summed E-state index contributed by atoms with van der Waals surface area (Å²) in [7, 11) is 8.68. The zero-order valence-corrected chi connectivity index (χ0v) is 51.4. The van der Waals surface area contributed by atoms with E-state index in [-0.39, 0.29) is 57.1 Å². The number of carbonyl (C=O) groups is 10. The van der Waals surface area contributed by atoms with Crippen molar-refractivity contribution in [3.8, 4) is 0 Å². The minimum Gasteiger partial charge on any atom is -0.391 e. The molecule has 0 aromatic heterocycles. The summed E-state index contributed by atoms with van der Waals surface area (Å²) in [6, 6.07) is -0.0628. The number of amides is 10. The van der Waals surface area contributed by atoms with Gasteiger partial charge in [0.25, 0.3) is 0 Å². The lowest BCUT2D eigenvalue weighted by atomic mass is 9.93. The molecule has 0 bridgehead atoms. The van der Waals surface area contributed by atoms with Gasteiger partial charge in [0.15, 0.2) is 0 Å². The third-order valence-corrected chi connectivity index (χ3v) is 15.3. The molecule has 22 nitrogen and oxygen atoms in total. The molecule has 1 aromatic carbocycles. The first kappa shape index (κ1) is 69.1. The number of piperidine rings is 1. The smallest absolute Gasteiger partial charge is 0.248 e. The van der Waals surface area contributed by atoms with Crippen molar-refractivity contribution in [3.05, 3.63) is 35.9 Å². The lowest BCUT2D eigenvalue weighted by Gasteiger charge is -2.40. The van der Waals surface area contributed by atoms with Crippen LogP contribution < -0.4 is 16.0 Å². The van der Waals surface area contributed by atoms with Gasteiger partial charge in [0, 0.05) is 74.8 Å². The fourth-order valence-corrected chi connectivity index (χ4v) is 10.2. The first-order chi connectivity index (χ1) is 37.8. The lowest BCUT2D eigenvalue weighted by Crippen LogP contribution is -2.62. The Morgan fingerprint density at radius 3 is 1.73 bits per heavy atom. The van der Waals surface area contributed by atoms with Crippen LogP contribution in [-0.2, 0) is 59.1 Å². The van der Waals surface area contributed by atoms with Crippen LogP contribution in [0.25, 0.3) is 0 Å². The maximum absolute atomic E-state index is 15.1. The van der Waals surface area contributed by atoms with Crippen molar-refractivity contribution >= 4 is 59.1 Å². The molecule has 10 amide bonds. The molecule has 2 saturated heterocycles. The minimum atomic E-state index is -1.59. The van der Waals surface area contributed by atoms with E-state index >= 15 is 9.59 Å². The van der Waals surface area contributed by atoms with Gasteiger partial charge < -0.3 is 60.1 Å². The Morgan fingerprint density at radius 1 is 0.642 bits per heavy atom. The van der Waals surface area contributed by atoms with E-state index in [1.54, 1.807) is 56.0 Å². The average Bonchev–Trinajstić information content (AvgIpc) is 3.41. The maximum atomic E-state index is 15.1. The summed E-state index contributed by atoms with van der Waals surface area (Å²) in [4.78, 5) is 154. The topological polar surface area (TPSA) is 259 Å². The van der Waals surface area contributed by atoms with E-state index in [1.165, 1.54) is 73.7 Å². The van der Waals surface area contributed by atoms with Crippen LogP contribution in [0.3, 0.4) is 0 Å². The van der Waals surface area contributed by atoms with Crippen molar-refractivity contribution in [1.29, 1.82) is 0 Å². The van der Waals surface area contributed by atoms with Crippen LogP contribution in [-0.4, -0.2) is 228 Å². The molecule has 9 atom stereocenters. The van der Waals surface area contributed by atoms with E-state index in [0.717, 1.165) is 24.2 Å². The molecule has 0 saturated carbocycles. The molecule has 81 heavy (non-hydrogen) atoms. The zero-order valence-electron chi connectivity index (χ0n) is 51.4. The van der Waals surface area contributed by atoms with E-state index in [9.17, 15) is 43.5 Å². The largest absolute Gasteiger partial charge is 0.391 e. The Balaban J connectivity index is 2.24. The first-order valence-electron chi connectivity index (χ1n) is 28.9. The van der Waals surface area contributed by atoms with Crippen molar-refractivity contribution in [2.24, 2.45) is 17.8 Å². The molecule has 1 aromatic rings. The van der Waals surface area contributed by atoms with Crippen molar-refractivity contribution < 1.29 is 57.8 Å². The third-order valence-electron chi connectivity index (χ3n) is 15.3. The Labute approximate surface area is 481 Å². The number of benzene rings is 1. The number of likely N-dealkylation sites (tertiary alicyclic amines) is 1. The van der Waals surface area contributed by atoms with Gasteiger partial charge in [0.05, 0.1) is 31.3 Å². The van der Waals surface area contributed by atoms with Crippen LogP contribution in [0.2, 0.25) is 0 Å². The fourth-order valence-electron chi connectivity index (χ4n) is 10.2. The number of nitrogens with zero attached hydrogens (tertiary/aromatic N) is 7. The first-order valence-corrected chi connectivity index (χ1v) is 28.9. The van der Waals surface area contributed by atoms with Gasteiger partial charge in [-0.25, -0.2) is 0 Å². The van der Waals surface area contributed by atoms with E-state index in [4.69, 9.17) is 4.74 Å². The molecule has 2 aliphatic rings. The number of likely N-dealkylation sites (N-methyl/N-ethyl adjacent to an activating group) is 5. The van der Waals surface area contributed by atoms with Crippen molar-refractivity contribution in [1.82, 2.24) is 50.2 Å². The standard InChI is InChI=1S/C59H98N10O12/c1-17-39(6)51-53(75)61-42(55(77)69-29-22-19-23-30-69)34-49(73)63(11)28-24-27-48(72)65(13)44(33-41-25-20-18-21-26-41)52(74)62-50(40(7)70)58(80)64(12)35-47(71)60-43(36-81-59(8,9)10)54(76)66(14)45(31-37(2)3)56(78)67(15)46(32-38(4)5)57(79)68(51)16/h18,20-21,25-26,37-40,42-46,50-51,70H,17,19,22-24,27-36H2,1-16H3,(H,60,71)(H,61,75)(H,62,74)/t39-,40+,42-,43-,44-,45-,46-,50-,51-/m0/s1. The number of aliphatic hydroxyl groups excluding tert-OH is 1. The van der Waals surface area contributed by atoms with Gasteiger partial charge in [-0.2, -0.15) is 0 Å². The second-order valence-corrected chi connectivity index (χ2v) is 24.2. The molecule has 456 valence electrons. The second-order valence-electron chi connectivity index (χ2n) is 24.2. The lowest BCUT2D eigenvalue weighted by molar-refractivity contribution is -0.154. The summed E-state index contributed by atoms with van der Waals surface area (Å²) < 4.78 is 6.05. The van der Waals surface area contributed by atoms with Crippen LogP contribution in [0.15, 0.2) is 30.3 Å². The molecule has 2 heterocycles. The van der Waals surface area contributed by atoms with Crippen LogP contribution in [0.1, 0.15) is 133 Å². The molecule has 0 aliphatic carbocycles. The van der Waals surface area contributed by atoms with Gasteiger partial charge in [-0.1, -0.05) is 78.3 Å². The molecular weight excluding hydrogens is 1040 g/mol. The summed E-state index contributed by atoms with van der Waals surface area (Å²) >= 11 is 0. The van der Waals surface area contributed by atoms with Crippen molar-refractivity contribution in [2.75, 3.05) is 75.1 Å². The van der Waals surface area contributed by atoms with E-state index in [1.807, 2.05) is 41.5 Å². The number of rotatable bonds is 12. The molecule has 0 radical (unpaired) electrons. The molecule has 2 fully saturated rings. The summed E-state index contributed by atoms with van der Waals surface area (Å²) in [6.45, 7) is 17.7. The molecule has 0 unspecified atom stereocenters. The highest BCUT2D eigenvalue weighted by molar-refractivity contribution is 5.98. The van der Waals surface area contributed by atoms with Gasteiger partial charge >= 0.3 is 0 Å². The monoisotopic (exact) mass is 1140 g/mol. The quantitative estimate of drug-likeness (QED) is 0.236. The molecule has 22 heteroatoms. The predicted octanol–water partition coefficient (Wildman–Crippen LogP) is 2.44. The van der Waals surface area contributed by atoms with Crippen molar-refractivity contribution in [3.63, 3.8) is 0 Å². The SMILES string of the molecule is CC[C@H](C)[C@H]1C(=O)N[C@H](C(=O)N2CCCCC2)CC(=O)N(C)CCCC(=O)N(C)[C@@H](Cc2ccccc2)C(=O)N[C@@H]([C@@H](C)O)C(=O)N(C)CC(=O)N[C@@H](COC(C)(C)C)C(=O)N(C)[C@@H](CC(C)C)C(=O)N(C)[C@@H](CC(C)C)C(=O)N1C. The Hall–Kier alpha value is -6.16.